The van der Waals surface area contributed by atoms with E-state index in [1.165, 1.54) is 18.3 Å². The van der Waals surface area contributed by atoms with Crippen molar-refractivity contribution in [1.29, 1.82) is 0 Å². The number of hydrogen-bond acceptors (Lipinski definition) is 3. The van der Waals surface area contributed by atoms with Gasteiger partial charge in [0, 0.05) is 12.1 Å². The Morgan fingerprint density at radius 3 is 2.64 bits per heavy atom. The van der Waals surface area contributed by atoms with E-state index in [0.717, 1.165) is 11.1 Å². The van der Waals surface area contributed by atoms with Crippen LogP contribution in [0.5, 0.6) is 0 Å². The largest absolute Gasteiger partial charge is 0.618 e. The lowest BCUT2D eigenvalue weighted by Gasteiger charge is -2.18. The number of hydrogen-bond donors (Lipinski definition) is 0. The highest BCUT2D eigenvalue weighted by molar-refractivity contribution is 7.91. The fraction of sp³-hybridized carbons (Fsp3) is 0.235. The van der Waals surface area contributed by atoms with Gasteiger partial charge < -0.3 is 5.21 Å². The summed E-state index contributed by atoms with van der Waals surface area (Å²) in [5.74, 6) is 0. The lowest BCUT2D eigenvalue weighted by atomic mass is 10.0. The molecule has 2 aromatic rings. The standard InChI is InChI=1S/C17H19NO3S/c1-4-7-16(15-12-13(2)9-10-14(15)3)22(20,21)17-8-5-6-11-18(17)19/h4-6,8-12,16H,1,7H2,2-3H3. The molecular weight excluding hydrogens is 298 g/mol. The van der Waals surface area contributed by atoms with Gasteiger partial charge in [0.25, 0.3) is 0 Å². The number of aryl methyl sites for hydroxylation is 2. The average molecular weight is 317 g/mol. The maximum atomic E-state index is 12.9. The maximum Gasteiger partial charge on any atom is 0.309 e. The monoisotopic (exact) mass is 317 g/mol. The van der Waals surface area contributed by atoms with Crippen LogP contribution in [0.25, 0.3) is 0 Å². The number of pyridine rings is 1. The first kappa shape index (κ1) is 16.2. The second-order valence-electron chi connectivity index (χ2n) is 5.28. The van der Waals surface area contributed by atoms with E-state index in [1.54, 1.807) is 12.1 Å². The van der Waals surface area contributed by atoms with Gasteiger partial charge in [-0.1, -0.05) is 29.8 Å². The number of allylic oxidation sites excluding steroid dienone is 1. The molecule has 1 atom stereocenters. The van der Waals surface area contributed by atoms with Gasteiger partial charge in [0.1, 0.15) is 5.25 Å². The smallest absolute Gasteiger partial charge is 0.309 e. The predicted molar refractivity (Wildman–Crippen MR) is 86.1 cm³/mol. The molecule has 0 saturated carbocycles. The fourth-order valence-electron chi connectivity index (χ4n) is 2.46. The first-order valence-corrected chi connectivity index (χ1v) is 8.52. The third-order valence-corrected chi connectivity index (χ3v) is 5.71. The molecule has 0 saturated heterocycles. The molecule has 1 aromatic heterocycles. The SMILES string of the molecule is C=CCC(c1cc(C)ccc1C)S(=O)(=O)c1cccc[n+]1[O-]. The molecule has 0 aliphatic carbocycles. The molecule has 116 valence electrons. The fourth-order valence-corrected chi connectivity index (χ4v) is 4.31. The Labute approximate surface area is 131 Å². The highest BCUT2D eigenvalue weighted by Gasteiger charge is 2.34. The van der Waals surface area contributed by atoms with Crippen LogP contribution >= 0.6 is 0 Å². The van der Waals surface area contributed by atoms with Crippen LogP contribution < -0.4 is 4.73 Å². The van der Waals surface area contributed by atoms with Crippen molar-refractivity contribution in [1.82, 2.24) is 0 Å². The van der Waals surface area contributed by atoms with E-state index < -0.39 is 15.1 Å². The third kappa shape index (κ3) is 3.04. The van der Waals surface area contributed by atoms with Crippen LogP contribution in [-0.2, 0) is 9.84 Å². The summed E-state index contributed by atoms with van der Waals surface area (Å²) < 4.78 is 26.3. The number of rotatable bonds is 5. The Kier molecular flexibility index (Phi) is 4.66. The van der Waals surface area contributed by atoms with E-state index in [2.05, 4.69) is 6.58 Å². The topological polar surface area (TPSA) is 61.1 Å². The summed E-state index contributed by atoms with van der Waals surface area (Å²) in [7, 11) is -3.81. The van der Waals surface area contributed by atoms with Gasteiger partial charge in [-0.25, -0.2) is 8.42 Å². The van der Waals surface area contributed by atoms with Crippen LogP contribution in [-0.4, -0.2) is 8.42 Å². The van der Waals surface area contributed by atoms with Crippen molar-refractivity contribution in [2.24, 2.45) is 0 Å². The molecule has 4 nitrogen and oxygen atoms in total. The summed E-state index contributed by atoms with van der Waals surface area (Å²) in [4.78, 5) is 0. The van der Waals surface area contributed by atoms with E-state index in [-0.39, 0.29) is 11.4 Å². The van der Waals surface area contributed by atoms with Crippen LogP contribution in [0.4, 0.5) is 0 Å². The Hall–Kier alpha value is -2.14. The molecule has 0 amide bonds. The van der Waals surface area contributed by atoms with Gasteiger partial charge in [-0.05, 0) is 37.5 Å². The molecule has 1 aromatic carbocycles. The molecule has 0 aliphatic rings. The third-order valence-electron chi connectivity index (χ3n) is 3.62. The zero-order valence-corrected chi connectivity index (χ0v) is 13.5. The number of nitrogens with zero attached hydrogens (tertiary/aromatic N) is 1. The summed E-state index contributed by atoms with van der Waals surface area (Å²) >= 11 is 0. The summed E-state index contributed by atoms with van der Waals surface area (Å²) in [6.45, 7) is 7.44. The van der Waals surface area contributed by atoms with Gasteiger partial charge in [-0.2, -0.15) is 4.73 Å². The van der Waals surface area contributed by atoms with E-state index in [4.69, 9.17) is 0 Å². The second kappa shape index (κ2) is 6.32. The van der Waals surface area contributed by atoms with Gasteiger partial charge in [0.2, 0.25) is 9.84 Å². The molecule has 0 N–H and O–H groups in total. The van der Waals surface area contributed by atoms with Crippen LogP contribution in [0, 0.1) is 19.1 Å². The van der Waals surface area contributed by atoms with Crippen LogP contribution in [0.15, 0.2) is 60.3 Å². The van der Waals surface area contributed by atoms with Crippen molar-refractivity contribution in [2.45, 2.75) is 30.5 Å². The zero-order valence-electron chi connectivity index (χ0n) is 12.7. The highest BCUT2D eigenvalue weighted by Crippen LogP contribution is 2.33. The minimum absolute atomic E-state index is 0.234. The average Bonchev–Trinajstić information content (AvgIpc) is 2.47. The maximum absolute atomic E-state index is 12.9. The van der Waals surface area contributed by atoms with Crippen LogP contribution in [0.1, 0.15) is 28.4 Å². The van der Waals surface area contributed by atoms with Crippen molar-refractivity contribution < 1.29 is 13.1 Å². The quantitative estimate of drug-likeness (QED) is 0.484. The van der Waals surface area contributed by atoms with Crippen molar-refractivity contribution in [2.75, 3.05) is 0 Å². The van der Waals surface area contributed by atoms with Crippen molar-refractivity contribution in [3.8, 4) is 0 Å². The molecule has 1 heterocycles. The highest BCUT2D eigenvalue weighted by atomic mass is 32.2. The summed E-state index contributed by atoms with van der Waals surface area (Å²) in [5, 5.41) is 10.8. The number of benzene rings is 1. The summed E-state index contributed by atoms with van der Waals surface area (Å²) in [6.07, 6.45) is 3.02. The van der Waals surface area contributed by atoms with Gasteiger partial charge >= 0.3 is 5.03 Å². The summed E-state index contributed by atoms with van der Waals surface area (Å²) in [5.41, 5.74) is 2.58. The van der Waals surface area contributed by atoms with E-state index >= 15 is 0 Å². The first-order valence-electron chi connectivity index (χ1n) is 6.98. The molecule has 22 heavy (non-hydrogen) atoms. The molecular formula is C17H19NO3S. The normalized spacial score (nSPS) is 12.8. The molecule has 0 spiro atoms. The predicted octanol–water partition coefficient (Wildman–Crippen LogP) is 3.03. The molecule has 0 fully saturated rings. The lowest BCUT2D eigenvalue weighted by molar-refractivity contribution is -0.646. The van der Waals surface area contributed by atoms with E-state index in [9.17, 15) is 13.6 Å². The summed E-state index contributed by atoms with van der Waals surface area (Å²) in [6, 6.07) is 10.1. The van der Waals surface area contributed by atoms with Crippen molar-refractivity contribution >= 4 is 9.84 Å². The Bertz CT molecular complexity index is 797. The zero-order chi connectivity index (χ0) is 16.3. The molecule has 0 radical (unpaired) electrons. The Morgan fingerprint density at radius 1 is 1.27 bits per heavy atom. The minimum atomic E-state index is -3.81. The van der Waals surface area contributed by atoms with Crippen molar-refractivity contribution in [3.05, 3.63) is 77.1 Å². The Balaban J connectivity index is 2.64. The molecule has 2 rings (SSSR count). The molecule has 0 bridgehead atoms. The van der Waals surface area contributed by atoms with E-state index in [1.807, 2.05) is 32.0 Å². The van der Waals surface area contributed by atoms with Crippen LogP contribution in [0.3, 0.4) is 0 Å². The van der Waals surface area contributed by atoms with Gasteiger partial charge in [0.05, 0.1) is 0 Å². The lowest BCUT2D eigenvalue weighted by Crippen LogP contribution is -2.35. The number of sulfone groups is 1. The molecule has 1 unspecified atom stereocenters. The molecule has 5 heteroatoms. The van der Waals surface area contributed by atoms with Crippen LogP contribution in [0.2, 0.25) is 0 Å². The van der Waals surface area contributed by atoms with Gasteiger partial charge in [-0.15, -0.1) is 6.58 Å². The van der Waals surface area contributed by atoms with Gasteiger partial charge in [0.15, 0.2) is 6.20 Å². The minimum Gasteiger partial charge on any atom is -0.618 e. The molecule has 0 aliphatic heterocycles. The Morgan fingerprint density at radius 2 is 2.00 bits per heavy atom. The van der Waals surface area contributed by atoms with Gasteiger partial charge in [-0.3, -0.25) is 0 Å². The second-order valence-corrected chi connectivity index (χ2v) is 7.36. The van der Waals surface area contributed by atoms with Crippen molar-refractivity contribution in [3.63, 3.8) is 0 Å². The first-order chi connectivity index (χ1) is 10.4. The van der Waals surface area contributed by atoms with E-state index in [0.29, 0.717) is 10.3 Å². The number of aromatic nitrogens is 1.